The van der Waals surface area contributed by atoms with Crippen molar-refractivity contribution in [2.75, 3.05) is 5.75 Å². The molecule has 0 spiro atoms. The average Bonchev–Trinajstić information content (AvgIpc) is 1.88. The summed E-state index contributed by atoms with van der Waals surface area (Å²) in [6.45, 7) is 0. The Morgan fingerprint density at radius 3 is 2.80 bits per heavy atom. The highest BCUT2D eigenvalue weighted by Crippen LogP contribution is 2.21. The zero-order chi connectivity index (χ0) is 7.56. The number of ketones is 1. The van der Waals surface area contributed by atoms with E-state index in [1.807, 2.05) is 0 Å². The van der Waals surface area contributed by atoms with Crippen LogP contribution in [0.4, 0.5) is 0 Å². The number of thioether (sulfide) groups is 1. The van der Waals surface area contributed by atoms with Crippen molar-refractivity contribution in [3.05, 3.63) is 0 Å². The molecule has 0 bridgehead atoms. The molecule has 0 radical (unpaired) electrons. The van der Waals surface area contributed by atoms with Crippen molar-refractivity contribution in [3.8, 4) is 0 Å². The van der Waals surface area contributed by atoms with Crippen LogP contribution in [0.2, 0.25) is 0 Å². The van der Waals surface area contributed by atoms with E-state index in [4.69, 9.17) is 5.11 Å². The SMILES string of the molecule is O=C(O)C1SCCCC1=O. The lowest BCUT2D eigenvalue weighted by atomic mass is 10.1. The van der Waals surface area contributed by atoms with E-state index in [9.17, 15) is 9.59 Å². The summed E-state index contributed by atoms with van der Waals surface area (Å²) in [6, 6.07) is 0. The van der Waals surface area contributed by atoms with Crippen LogP contribution in [0.25, 0.3) is 0 Å². The van der Waals surface area contributed by atoms with Gasteiger partial charge in [0.15, 0.2) is 11.0 Å². The fourth-order valence-electron chi connectivity index (χ4n) is 0.881. The van der Waals surface area contributed by atoms with E-state index >= 15 is 0 Å². The van der Waals surface area contributed by atoms with Gasteiger partial charge in [-0.15, -0.1) is 11.8 Å². The maximum Gasteiger partial charge on any atom is 0.324 e. The molecule has 1 heterocycles. The van der Waals surface area contributed by atoms with Gasteiger partial charge in [0, 0.05) is 6.42 Å². The lowest BCUT2D eigenvalue weighted by Crippen LogP contribution is -2.29. The van der Waals surface area contributed by atoms with E-state index in [0.29, 0.717) is 6.42 Å². The van der Waals surface area contributed by atoms with Gasteiger partial charge in [0.05, 0.1) is 0 Å². The molecular formula is C6H8O3S. The van der Waals surface area contributed by atoms with E-state index in [2.05, 4.69) is 0 Å². The van der Waals surface area contributed by atoms with Crippen LogP contribution < -0.4 is 0 Å². The maximum atomic E-state index is 10.8. The fourth-order valence-corrected chi connectivity index (χ4v) is 1.87. The molecule has 3 nitrogen and oxygen atoms in total. The molecule has 1 aliphatic rings. The number of hydrogen-bond acceptors (Lipinski definition) is 3. The van der Waals surface area contributed by atoms with Gasteiger partial charge in [0.25, 0.3) is 0 Å². The minimum atomic E-state index is -0.991. The van der Waals surface area contributed by atoms with Crippen LogP contribution in [0, 0.1) is 0 Å². The molecule has 1 rings (SSSR count). The molecule has 0 saturated carbocycles. The van der Waals surface area contributed by atoms with Crippen LogP contribution >= 0.6 is 11.8 Å². The van der Waals surface area contributed by atoms with Crippen LogP contribution in [0.15, 0.2) is 0 Å². The number of carbonyl (C=O) groups excluding carboxylic acids is 1. The molecule has 0 aromatic carbocycles. The first-order valence-electron chi connectivity index (χ1n) is 3.09. The smallest absolute Gasteiger partial charge is 0.324 e. The average molecular weight is 160 g/mol. The number of Topliss-reactive ketones (excluding diaryl/α,β-unsaturated/α-hetero) is 1. The Labute approximate surface area is 62.8 Å². The molecule has 1 unspecified atom stereocenters. The van der Waals surface area contributed by atoms with Gasteiger partial charge in [-0.3, -0.25) is 9.59 Å². The topological polar surface area (TPSA) is 54.4 Å². The van der Waals surface area contributed by atoms with Crippen LogP contribution in [0.3, 0.4) is 0 Å². The Balaban J connectivity index is 2.56. The van der Waals surface area contributed by atoms with Crippen molar-refractivity contribution in [2.45, 2.75) is 18.1 Å². The van der Waals surface area contributed by atoms with Crippen LogP contribution in [0.1, 0.15) is 12.8 Å². The number of hydrogen-bond donors (Lipinski definition) is 1. The van der Waals surface area contributed by atoms with E-state index < -0.39 is 11.2 Å². The number of carboxylic acid groups (broad SMARTS) is 1. The minimum absolute atomic E-state index is 0.135. The van der Waals surface area contributed by atoms with E-state index in [1.165, 1.54) is 11.8 Å². The molecule has 1 N–H and O–H groups in total. The largest absolute Gasteiger partial charge is 0.480 e. The summed E-state index contributed by atoms with van der Waals surface area (Å²) in [7, 11) is 0. The van der Waals surface area contributed by atoms with Gasteiger partial charge in [0.1, 0.15) is 0 Å². The maximum absolute atomic E-state index is 10.8. The first-order valence-corrected chi connectivity index (χ1v) is 4.14. The van der Waals surface area contributed by atoms with Crippen molar-refractivity contribution in [2.24, 2.45) is 0 Å². The van der Waals surface area contributed by atoms with Crippen LogP contribution in [-0.4, -0.2) is 27.9 Å². The highest BCUT2D eigenvalue weighted by atomic mass is 32.2. The lowest BCUT2D eigenvalue weighted by Gasteiger charge is -2.15. The summed E-state index contributed by atoms with van der Waals surface area (Å²) >= 11 is 1.23. The van der Waals surface area contributed by atoms with Gasteiger partial charge in [-0.05, 0) is 12.2 Å². The molecule has 0 aliphatic carbocycles. The third-order valence-electron chi connectivity index (χ3n) is 1.37. The summed E-state index contributed by atoms with van der Waals surface area (Å²) in [5, 5.41) is 7.68. The molecule has 0 aromatic heterocycles. The van der Waals surface area contributed by atoms with Crippen molar-refractivity contribution in [3.63, 3.8) is 0 Å². The van der Waals surface area contributed by atoms with E-state index in [-0.39, 0.29) is 5.78 Å². The fraction of sp³-hybridized carbons (Fsp3) is 0.667. The van der Waals surface area contributed by atoms with Gasteiger partial charge in [0.2, 0.25) is 0 Å². The van der Waals surface area contributed by atoms with Gasteiger partial charge in [-0.1, -0.05) is 0 Å². The van der Waals surface area contributed by atoms with Crippen LogP contribution in [-0.2, 0) is 9.59 Å². The van der Waals surface area contributed by atoms with Crippen molar-refractivity contribution < 1.29 is 14.7 Å². The third kappa shape index (κ3) is 1.50. The Morgan fingerprint density at radius 1 is 1.70 bits per heavy atom. The minimum Gasteiger partial charge on any atom is -0.480 e. The molecule has 1 saturated heterocycles. The normalized spacial score (nSPS) is 26.4. The summed E-state index contributed by atoms with van der Waals surface area (Å²) in [5.74, 6) is -0.332. The van der Waals surface area contributed by atoms with Gasteiger partial charge >= 0.3 is 5.97 Å². The lowest BCUT2D eigenvalue weighted by molar-refractivity contribution is -0.139. The first kappa shape index (κ1) is 7.60. The number of carbonyl (C=O) groups is 2. The Morgan fingerprint density at radius 2 is 2.40 bits per heavy atom. The highest BCUT2D eigenvalue weighted by molar-refractivity contribution is 8.01. The predicted octanol–water partition coefficient (Wildman–Crippen LogP) is 0.536. The number of aliphatic carboxylic acids is 1. The molecule has 0 amide bonds. The van der Waals surface area contributed by atoms with E-state index in [0.717, 1.165) is 12.2 Å². The van der Waals surface area contributed by atoms with Crippen LogP contribution in [0.5, 0.6) is 0 Å². The molecule has 1 atom stereocenters. The standard InChI is InChI=1S/C6H8O3S/c7-4-2-1-3-10-5(4)6(8)9/h5H,1-3H2,(H,8,9). The van der Waals surface area contributed by atoms with E-state index in [1.54, 1.807) is 0 Å². The first-order chi connectivity index (χ1) is 4.72. The molecule has 1 fully saturated rings. The summed E-state index contributed by atoms with van der Waals surface area (Å²) in [4.78, 5) is 21.2. The molecule has 56 valence electrons. The molecule has 1 aliphatic heterocycles. The quantitative estimate of drug-likeness (QED) is 0.569. The highest BCUT2D eigenvalue weighted by Gasteiger charge is 2.28. The summed E-state index contributed by atoms with van der Waals surface area (Å²) in [5.41, 5.74) is 0. The Kier molecular flexibility index (Phi) is 2.32. The van der Waals surface area contributed by atoms with Gasteiger partial charge in [-0.25, -0.2) is 0 Å². The van der Waals surface area contributed by atoms with Gasteiger partial charge < -0.3 is 5.11 Å². The third-order valence-corrected chi connectivity index (χ3v) is 2.69. The zero-order valence-corrected chi connectivity index (χ0v) is 6.19. The van der Waals surface area contributed by atoms with Crippen molar-refractivity contribution >= 4 is 23.5 Å². The number of rotatable bonds is 1. The molecule has 4 heteroatoms. The Hall–Kier alpha value is -0.510. The zero-order valence-electron chi connectivity index (χ0n) is 5.37. The monoisotopic (exact) mass is 160 g/mol. The second kappa shape index (κ2) is 3.05. The van der Waals surface area contributed by atoms with Crippen molar-refractivity contribution in [1.82, 2.24) is 0 Å². The number of carboxylic acids is 1. The molecular weight excluding hydrogens is 152 g/mol. The van der Waals surface area contributed by atoms with Gasteiger partial charge in [-0.2, -0.15) is 0 Å². The summed E-state index contributed by atoms with van der Waals surface area (Å²) in [6.07, 6.45) is 1.26. The van der Waals surface area contributed by atoms with Crippen molar-refractivity contribution in [1.29, 1.82) is 0 Å². The second-order valence-electron chi connectivity index (χ2n) is 2.16. The second-order valence-corrected chi connectivity index (χ2v) is 3.37. The summed E-state index contributed by atoms with van der Waals surface area (Å²) < 4.78 is 0. The predicted molar refractivity (Wildman–Crippen MR) is 38.1 cm³/mol. The molecule has 10 heavy (non-hydrogen) atoms. The molecule has 0 aromatic rings. The Bertz CT molecular complexity index is 166.